The molecule has 0 spiro atoms. The zero-order valence-electron chi connectivity index (χ0n) is 37.0. The molecule has 2 aromatic rings. The fourth-order valence-corrected chi connectivity index (χ4v) is 9.16. The molecular formula is C50H74O10. The molecule has 2 atom stereocenters. The lowest BCUT2D eigenvalue weighted by Gasteiger charge is -2.19. The van der Waals surface area contributed by atoms with Crippen LogP contribution in [0.2, 0.25) is 0 Å². The normalized spacial score (nSPS) is 18.3. The van der Waals surface area contributed by atoms with Gasteiger partial charge in [-0.2, -0.15) is 0 Å². The van der Waals surface area contributed by atoms with Crippen LogP contribution in [0.25, 0.3) is 0 Å². The number of aliphatic carboxylic acids is 4. The smallest absolute Gasteiger partial charge is 0.310 e. The summed E-state index contributed by atoms with van der Waals surface area (Å²) in [4.78, 5) is 47.4. The highest BCUT2D eigenvalue weighted by molar-refractivity contribution is 5.81. The number of hydrogen-bond donors (Lipinski definition) is 6. The van der Waals surface area contributed by atoms with E-state index in [4.69, 9.17) is 0 Å². The van der Waals surface area contributed by atoms with E-state index in [9.17, 15) is 49.8 Å². The highest BCUT2D eigenvalue weighted by atomic mass is 16.4. The van der Waals surface area contributed by atoms with Gasteiger partial charge in [-0.3, -0.25) is 19.2 Å². The van der Waals surface area contributed by atoms with Gasteiger partial charge in [-0.05, 0) is 170 Å². The minimum Gasteiger partial charge on any atom is -0.508 e. The van der Waals surface area contributed by atoms with E-state index >= 15 is 0 Å². The molecule has 2 unspecified atom stereocenters. The van der Waals surface area contributed by atoms with Crippen molar-refractivity contribution in [1.82, 2.24) is 0 Å². The van der Waals surface area contributed by atoms with Gasteiger partial charge in [-0.25, -0.2) is 0 Å². The van der Waals surface area contributed by atoms with Crippen molar-refractivity contribution < 1.29 is 49.8 Å². The van der Waals surface area contributed by atoms with Crippen molar-refractivity contribution in [2.75, 3.05) is 0 Å². The minimum absolute atomic E-state index is 0.157. The number of phenolic OH excluding ortho intramolecular Hbond substituents is 2. The van der Waals surface area contributed by atoms with Crippen LogP contribution >= 0.6 is 0 Å². The highest BCUT2D eigenvalue weighted by Crippen LogP contribution is 2.64. The molecule has 2 aliphatic rings. The van der Waals surface area contributed by atoms with E-state index < -0.39 is 45.5 Å². The molecule has 2 fully saturated rings. The predicted molar refractivity (Wildman–Crippen MR) is 234 cm³/mol. The Kier molecular flexibility index (Phi) is 17.5. The molecule has 2 saturated carbocycles. The summed E-state index contributed by atoms with van der Waals surface area (Å²) in [5.74, 6) is -2.90. The molecule has 2 aromatic carbocycles. The number of hydrogen-bond acceptors (Lipinski definition) is 6. The molecule has 10 nitrogen and oxygen atoms in total. The van der Waals surface area contributed by atoms with E-state index in [0.29, 0.717) is 32.1 Å². The number of carbonyl (C=O) groups is 4. The van der Waals surface area contributed by atoms with Crippen LogP contribution in [-0.4, -0.2) is 54.5 Å². The Bertz CT molecular complexity index is 1770. The Balaban J connectivity index is 1.31. The zero-order chi connectivity index (χ0) is 44.1. The number of aryl methyl sites for hydroxylation is 4. The summed E-state index contributed by atoms with van der Waals surface area (Å²) >= 11 is 0. The maximum Gasteiger partial charge on any atom is 0.310 e. The molecular weight excluding hydrogens is 761 g/mol. The molecule has 10 heteroatoms. The van der Waals surface area contributed by atoms with Gasteiger partial charge >= 0.3 is 23.9 Å². The lowest BCUT2D eigenvalue weighted by molar-refractivity contribution is -0.148. The molecule has 0 aliphatic heterocycles. The van der Waals surface area contributed by atoms with Crippen LogP contribution in [0.3, 0.4) is 0 Å². The van der Waals surface area contributed by atoms with E-state index in [1.807, 2.05) is 18.2 Å². The third kappa shape index (κ3) is 13.7. The van der Waals surface area contributed by atoms with Crippen molar-refractivity contribution >= 4 is 23.9 Å². The van der Waals surface area contributed by atoms with Gasteiger partial charge in [0.2, 0.25) is 0 Å². The molecule has 0 bridgehead atoms. The predicted octanol–water partition coefficient (Wildman–Crippen LogP) is 11.6. The summed E-state index contributed by atoms with van der Waals surface area (Å²) in [5.41, 5.74) is 2.38. The Morgan fingerprint density at radius 3 is 1.48 bits per heavy atom. The third-order valence-corrected chi connectivity index (χ3v) is 14.0. The first-order valence-corrected chi connectivity index (χ1v) is 22.9. The van der Waals surface area contributed by atoms with Crippen molar-refractivity contribution in [1.29, 1.82) is 0 Å². The van der Waals surface area contributed by atoms with Crippen LogP contribution in [0.4, 0.5) is 0 Å². The number of unbranched alkanes of at least 4 members (excludes halogenated alkanes) is 10. The number of aromatic hydroxyl groups is 2. The van der Waals surface area contributed by atoms with Gasteiger partial charge in [-0.1, -0.05) is 76.3 Å². The number of rotatable bonds is 31. The average molecular weight is 835 g/mol. The van der Waals surface area contributed by atoms with E-state index in [1.54, 1.807) is 33.8 Å². The topological polar surface area (TPSA) is 190 Å². The van der Waals surface area contributed by atoms with Gasteiger partial charge in [0, 0.05) is 5.92 Å². The summed E-state index contributed by atoms with van der Waals surface area (Å²) in [7, 11) is 0. The van der Waals surface area contributed by atoms with Gasteiger partial charge in [0.05, 0.1) is 21.7 Å². The van der Waals surface area contributed by atoms with Gasteiger partial charge in [0.15, 0.2) is 0 Å². The van der Waals surface area contributed by atoms with E-state index in [1.165, 1.54) is 5.56 Å². The third-order valence-electron chi connectivity index (χ3n) is 14.0. The molecule has 0 saturated heterocycles. The second kappa shape index (κ2) is 21.6. The molecule has 0 radical (unpaired) electrons. The summed E-state index contributed by atoms with van der Waals surface area (Å²) in [6.07, 6.45) is 20.4. The molecule has 4 rings (SSSR count). The first-order valence-electron chi connectivity index (χ1n) is 22.9. The van der Waals surface area contributed by atoms with Crippen LogP contribution in [-0.2, 0) is 44.9 Å². The number of benzene rings is 2. The Morgan fingerprint density at radius 1 is 0.550 bits per heavy atom. The van der Waals surface area contributed by atoms with E-state index in [-0.39, 0.29) is 17.4 Å². The van der Waals surface area contributed by atoms with Gasteiger partial charge in [0.25, 0.3) is 0 Å². The van der Waals surface area contributed by atoms with Crippen LogP contribution in [0.15, 0.2) is 30.3 Å². The first kappa shape index (κ1) is 48.6. The maximum atomic E-state index is 12.8. The second-order valence-corrected chi connectivity index (χ2v) is 19.8. The minimum atomic E-state index is -0.903. The fraction of sp³-hybridized carbons (Fsp3) is 0.680. The van der Waals surface area contributed by atoms with Gasteiger partial charge in [0.1, 0.15) is 11.5 Å². The Hall–Kier alpha value is -4.08. The monoisotopic (exact) mass is 835 g/mol. The lowest BCUT2D eigenvalue weighted by atomic mass is 9.86. The molecule has 0 heterocycles. The van der Waals surface area contributed by atoms with Crippen LogP contribution in [0.1, 0.15) is 196 Å². The quantitative estimate of drug-likeness (QED) is 0.0399. The number of carboxylic acids is 4. The van der Waals surface area contributed by atoms with Crippen LogP contribution in [0, 0.1) is 21.7 Å². The molecule has 60 heavy (non-hydrogen) atoms. The highest BCUT2D eigenvalue weighted by Gasteiger charge is 2.61. The largest absolute Gasteiger partial charge is 0.508 e. The number of carboxylic acid groups (broad SMARTS) is 4. The summed E-state index contributed by atoms with van der Waals surface area (Å²) in [5, 5.41) is 60.5. The first-order chi connectivity index (χ1) is 28.3. The van der Waals surface area contributed by atoms with E-state index in [2.05, 4.69) is 6.07 Å². The van der Waals surface area contributed by atoms with Crippen LogP contribution in [0.5, 0.6) is 11.5 Å². The molecule has 334 valence electrons. The molecule has 6 N–H and O–H groups in total. The lowest BCUT2D eigenvalue weighted by Crippen LogP contribution is -2.23. The van der Waals surface area contributed by atoms with Gasteiger partial charge in [-0.15, -0.1) is 0 Å². The summed E-state index contributed by atoms with van der Waals surface area (Å²) in [6, 6.07) is 9.46. The summed E-state index contributed by atoms with van der Waals surface area (Å²) < 4.78 is 0. The summed E-state index contributed by atoms with van der Waals surface area (Å²) in [6.45, 7) is 7.05. The van der Waals surface area contributed by atoms with Crippen molar-refractivity contribution in [3.05, 3.63) is 58.1 Å². The average Bonchev–Trinajstić information content (AvgIpc) is 4.11. The zero-order valence-corrected chi connectivity index (χ0v) is 37.0. The molecule has 0 amide bonds. The van der Waals surface area contributed by atoms with Crippen LogP contribution < -0.4 is 0 Å². The molecule has 0 aromatic heterocycles. The Labute approximate surface area is 358 Å². The standard InChI is InChI=1S/C50H74O10/c1-47(2,43(53)54)25-15-7-5-11-20-36-31-39(51)24-23-35(36)19-13-10-18-28-50(46(59)60)34-41(50)40-32-37(21-12-6-8-16-26-48(3,4)44(55)56)38(33-42(40)52)22-14-9-17-27-49(29-30-49)45(57)58/h23-24,31-33,41,51-52H,5-22,25-30,34H2,1-4H3,(H,53,54)(H,55,56)(H,57,58)(H,59,60). The maximum absolute atomic E-state index is 12.8. The molecule has 2 aliphatic carbocycles. The second-order valence-electron chi connectivity index (χ2n) is 19.8. The SMILES string of the molecule is CC(C)(CCCCCCc1cc(C2CC2(CCCCCc2ccc(O)cc2CCCCCCC(C)(C)C(=O)O)C(=O)O)c(O)cc1CCCCCC1(C(=O)O)CC1)C(=O)O. The van der Waals surface area contributed by atoms with Crippen molar-refractivity contribution in [2.45, 2.75) is 194 Å². The fourth-order valence-electron chi connectivity index (χ4n) is 9.16. The van der Waals surface area contributed by atoms with Gasteiger partial charge < -0.3 is 30.6 Å². The Morgan fingerprint density at radius 2 is 1.00 bits per heavy atom. The van der Waals surface area contributed by atoms with E-state index in [0.717, 1.165) is 151 Å². The number of phenols is 2. The van der Waals surface area contributed by atoms with Crippen molar-refractivity contribution in [2.24, 2.45) is 21.7 Å². The van der Waals surface area contributed by atoms with Crippen molar-refractivity contribution in [3.63, 3.8) is 0 Å². The van der Waals surface area contributed by atoms with Crippen molar-refractivity contribution in [3.8, 4) is 11.5 Å².